The summed E-state index contributed by atoms with van der Waals surface area (Å²) in [5.74, 6) is -1.13. The van der Waals surface area contributed by atoms with Crippen LogP contribution in [0.25, 0.3) is 0 Å². The first kappa shape index (κ1) is 16.1. The Bertz CT molecular complexity index is 680. The second-order valence-electron chi connectivity index (χ2n) is 5.12. The lowest BCUT2D eigenvalue weighted by Gasteiger charge is -2.17. The first-order chi connectivity index (χ1) is 9.67. The largest absolute Gasteiger partial charge is 0.390 e. The molecule has 10 heteroatoms. The number of nitrogens with one attached hydrogen (secondary N) is 1. The highest BCUT2D eigenvalue weighted by atomic mass is 31.2. The Kier molecular flexibility index (Phi) is 4.48. The van der Waals surface area contributed by atoms with E-state index >= 15 is 0 Å². The first-order valence-electron chi connectivity index (χ1n) is 6.21. The maximum atomic E-state index is 13.2. The lowest BCUT2D eigenvalue weighted by Crippen LogP contribution is -2.34. The molecule has 0 saturated carbocycles. The fourth-order valence-corrected chi connectivity index (χ4v) is 2.47. The van der Waals surface area contributed by atoms with E-state index in [1.165, 1.54) is 13.3 Å². The summed E-state index contributed by atoms with van der Waals surface area (Å²) in [5, 5.41) is 9.86. The monoisotopic (exact) mass is 322 g/mol. The number of hydrogen-bond donors (Lipinski definition) is 2. The van der Waals surface area contributed by atoms with Crippen LogP contribution in [0.4, 0.5) is 4.39 Å². The topological polar surface area (TPSA) is 111 Å². The van der Waals surface area contributed by atoms with Crippen molar-refractivity contribution >= 4 is 7.37 Å². The van der Waals surface area contributed by atoms with Gasteiger partial charge in [0.15, 0.2) is 7.37 Å². The molecule has 2 heterocycles. The van der Waals surface area contributed by atoms with Crippen LogP contribution in [0.15, 0.2) is 15.8 Å². The zero-order chi connectivity index (χ0) is 15.8. The van der Waals surface area contributed by atoms with Crippen LogP contribution >= 0.6 is 7.37 Å². The summed E-state index contributed by atoms with van der Waals surface area (Å²) < 4.78 is 36.0. The number of ether oxygens (including phenoxy) is 1. The lowest BCUT2D eigenvalue weighted by atomic mass is 10.2. The SMILES string of the molecule is CP(C)(=O)OCC1OC(n2cc(F)c(=O)[nH]c2=O)CC1O. The summed E-state index contributed by atoms with van der Waals surface area (Å²) in [7, 11) is -2.73. The van der Waals surface area contributed by atoms with Gasteiger partial charge in [0.2, 0.25) is 5.82 Å². The Hall–Kier alpha value is -1.28. The Morgan fingerprint density at radius 1 is 1.57 bits per heavy atom. The summed E-state index contributed by atoms with van der Waals surface area (Å²) >= 11 is 0. The molecule has 1 saturated heterocycles. The van der Waals surface area contributed by atoms with E-state index in [9.17, 15) is 23.7 Å². The van der Waals surface area contributed by atoms with Gasteiger partial charge in [0, 0.05) is 19.8 Å². The molecular weight excluding hydrogens is 306 g/mol. The molecule has 1 aromatic heterocycles. The summed E-state index contributed by atoms with van der Waals surface area (Å²) in [4.78, 5) is 24.4. The van der Waals surface area contributed by atoms with E-state index in [4.69, 9.17) is 9.26 Å². The standard InChI is InChI=1S/C11H16FN2O6P/c1-21(2,18)19-5-8-7(15)3-9(20-8)14-4-6(12)10(16)13-11(14)17/h4,7-9,15H,3,5H2,1-2H3,(H,13,16,17). The molecule has 0 spiro atoms. The van der Waals surface area contributed by atoms with Crippen molar-refractivity contribution in [3.8, 4) is 0 Å². The smallest absolute Gasteiger partial charge is 0.330 e. The summed E-state index contributed by atoms with van der Waals surface area (Å²) in [6.45, 7) is 2.74. The van der Waals surface area contributed by atoms with Gasteiger partial charge in [0.1, 0.15) is 12.3 Å². The molecule has 2 rings (SSSR count). The molecule has 1 aliphatic rings. The molecule has 1 aromatic rings. The Morgan fingerprint density at radius 3 is 2.86 bits per heavy atom. The van der Waals surface area contributed by atoms with Gasteiger partial charge >= 0.3 is 5.69 Å². The van der Waals surface area contributed by atoms with Crippen LogP contribution < -0.4 is 11.2 Å². The molecule has 0 aromatic carbocycles. The van der Waals surface area contributed by atoms with Gasteiger partial charge in [0.25, 0.3) is 5.56 Å². The summed E-state index contributed by atoms with van der Waals surface area (Å²) in [5.41, 5.74) is -1.95. The Balaban J connectivity index is 2.14. The van der Waals surface area contributed by atoms with Gasteiger partial charge in [-0.3, -0.25) is 18.9 Å². The average Bonchev–Trinajstić information content (AvgIpc) is 2.72. The molecule has 0 aliphatic carbocycles. The zero-order valence-electron chi connectivity index (χ0n) is 11.5. The number of hydrogen-bond acceptors (Lipinski definition) is 6. The minimum Gasteiger partial charge on any atom is -0.390 e. The number of halogens is 1. The minimum atomic E-state index is -2.73. The van der Waals surface area contributed by atoms with Crippen molar-refractivity contribution in [2.45, 2.75) is 24.9 Å². The van der Waals surface area contributed by atoms with Crippen molar-refractivity contribution in [3.05, 3.63) is 32.9 Å². The van der Waals surface area contributed by atoms with Crippen LogP contribution in [0.3, 0.4) is 0 Å². The van der Waals surface area contributed by atoms with E-state index in [1.807, 2.05) is 4.98 Å². The highest BCUT2D eigenvalue weighted by molar-refractivity contribution is 7.57. The van der Waals surface area contributed by atoms with Gasteiger partial charge < -0.3 is 14.4 Å². The van der Waals surface area contributed by atoms with Crippen molar-refractivity contribution < 1.29 is 23.3 Å². The van der Waals surface area contributed by atoms with Crippen LogP contribution in [0.5, 0.6) is 0 Å². The zero-order valence-corrected chi connectivity index (χ0v) is 12.4. The third kappa shape index (κ3) is 3.88. The lowest BCUT2D eigenvalue weighted by molar-refractivity contribution is -0.0406. The molecule has 0 amide bonds. The highest BCUT2D eigenvalue weighted by Crippen LogP contribution is 2.39. The Morgan fingerprint density at radius 2 is 2.24 bits per heavy atom. The van der Waals surface area contributed by atoms with Gasteiger partial charge in [-0.1, -0.05) is 0 Å². The average molecular weight is 322 g/mol. The van der Waals surface area contributed by atoms with Gasteiger partial charge in [-0.05, 0) is 0 Å². The van der Waals surface area contributed by atoms with Crippen LogP contribution in [-0.2, 0) is 13.8 Å². The minimum absolute atomic E-state index is 0.0249. The van der Waals surface area contributed by atoms with E-state index in [-0.39, 0.29) is 13.0 Å². The number of aromatic nitrogens is 2. The molecule has 1 aliphatic heterocycles. The molecule has 8 nitrogen and oxygen atoms in total. The van der Waals surface area contributed by atoms with E-state index < -0.39 is 42.9 Å². The fraction of sp³-hybridized carbons (Fsp3) is 0.636. The molecule has 3 unspecified atom stereocenters. The number of nitrogens with zero attached hydrogens (tertiary/aromatic N) is 1. The molecule has 3 atom stereocenters. The normalized spacial score (nSPS) is 26.2. The number of aliphatic hydroxyl groups is 1. The van der Waals surface area contributed by atoms with Crippen molar-refractivity contribution in [1.29, 1.82) is 0 Å². The maximum Gasteiger partial charge on any atom is 0.330 e. The van der Waals surface area contributed by atoms with E-state index in [0.29, 0.717) is 0 Å². The number of rotatable bonds is 4. The quantitative estimate of drug-likeness (QED) is 0.748. The van der Waals surface area contributed by atoms with Gasteiger partial charge in [-0.15, -0.1) is 0 Å². The number of aliphatic hydroxyl groups excluding tert-OH is 1. The summed E-state index contributed by atoms with van der Waals surface area (Å²) in [6.07, 6.45) is -1.92. The van der Waals surface area contributed by atoms with Crippen molar-refractivity contribution in [3.63, 3.8) is 0 Å². The molecule has 0 bridgehead atoms. The van der Waals surface area contributed by atoms with Crippen LogP contribution in [0.1, 0.15) is 12.6 Å². The van der Waals surface area contributed by atoms with E-state index in [0.717, 1.165) is 10.8 Å². The number of aromatic amines is 1. The second kappa shape index (κ2) is 5.84. The van der Waals surface area contributed by atoms with E-state index in [1.54, 1.807) is 0 Å². The third-order valence-electron chi connectivity index (χ3n) is 2.99. The second-order valence-corrected chi connectivity index (χ2v) is 7.89. The van der Waals surface area contributed by atoms with Crippen molar-refractivity contribution in [2.75, 3.05) is 19.9 Å². The number of H-pyrrole nitrogens is 1. The Labute approximate surface area is 119 Å². The molecule has 1 fully saturated rings. The predicted molar refractivity (Wildman–Crippen MR) is 71.2 cm³/mol. The van der Waals surface area contributed by atoms with Gasteiger partial charge in [-0.25, -0.2) is 4.79 Å². The first-order valence-corrected chi connectivity index (χ1v) is 8.73. The fourth-order valence-electron chi connectivity index (χ4n) is 1.96. The van der Waals surface area contributed by atoms with E-state index in [2.05, 4.69) is 0 Å². The van der Waals surface area contributed by atoms with Crippen LogP contribution in [0.2, 0.25) is 0 Å². The van der Waals surface area contributed by atoms with Crippen molar-refractivity contribution in [2.24, 2.45) is 0 Å². The maximum absolute atomic E-state index is 13.2. The summed E-state index contributed by atoms with van der Waals surface area (Å²) in [6, 6.07) is 0. The molecule has 21 heavy (non-hydrogen) atoms. The van der Waals surface area contributed by atoms with Crippen LogP contribution in [-0.4, -0.2) is 46.8 Å². The molecule has 118 valence electrons. The van der Waals surface area contributed by atoms with Gasteiger partial charge in [-0.2, -0.15) is 4.39 Å². The van der Waals surface area contributed by atoms with Crippen molar-refractivity contribution in [1.82, 2.24) is 9.55 Å². The van der Waals surface area contributed by atoms with Gasteiger partial charge in [0.05, 0.1) is 18.9 Å². The molecule has 0 radical (unpaired) electrons. The highest BCUT2D eigenvalue weighted by Gasteiger charge is 2.36. The third-order valence-corrected chi connectivity index (χ3v) is 3.76. The van der Waals surface area contributed by atoms with Crippen LogP contribution in [0, 0.1) is 5.82 Å². The predicted octanol–water partition coefficient (Wildman–Crippen LogP) is -0.122. The molecule has 2 N–H and O–H groups in total. The molecular formula is C11H16FN2O6P.